The second-order valence-corrected chi connectivity index (χ2v) is 6.69. The summed E-state index contributed by atoms with van der Waals surface area (Å²) in [7, 11) is 0. The third-order valence-corrected chi connectivity index (χ3v) is 4.65. The number of hydrogen-bond donors (Lipinski definition) is 2. The SMILES string of the molecule is CCc1ccc(NC(=O)c2cccc(C(=O)NC(C)c3ccccc3)c2)cc1. The van der Waals surface area contributed by atoms with Crippen LogP contribution in [0.3, 0.4) is 0 Å². The lowest BCUT2D eigenvalue weighted by Crippen LogP contribution is -2.27. The van der Waals surface area contributed by atoms with Crippen LogP contribution in [0.25, 0.3) is 0 Å². The molecule has 3 aromatic rings. The molecular formula is C24H24N2O2. The summed E-state index contributed by atoms with van der Waals surface area (Å²) in [5.41, 5.74) is 3.87. The first-order valence-corrected chi connectivity index (χ1v) is 9.43. The first-order valence-electron chi connectivity index (χ1n) is 9.43. The van der Waals surface area contributed by atoms with Gasteiger partial charge in [0.2, 0.25) is 0 Å². The maximum atomic E-state index is 12.6. The van der Waals surface area contributed by atoms with E-state index in [-0.39, 0.29) is 17.9 Å². The number of anilines is 1. The highest BCUT2D eigenvalue weighted by atomic mass is 16.2. The van der Waals surface area contributed by atoms with E-state index in [0.29, 0.717) is 11.1 Å². The van der Waals surface area contributed by atoms with Gasteiger partial charge in [-0.25, -0.2) is 0 Å². The van der Waals surface area contributed by atoms with Crippen LogP contribution in [0.15, 0.2) is 78.9 Å². The lowest BCUT2D eigenvalue weighted by atomic mass is 10.1. The van der Waals surface area contributed by atoms with Gasteiger partial charge in [0.15, 0.2) is 0 Å². The van der Waals surface area contributed by atoms with Crippen LogP contribution >= 0.6 is 0 Å². The van der Waals surface area contributed by atoms with E-state index in [1.54, 1.807) is 24.3 Å². The lowest BCUT2D eigenvalue weighted by molar-refractivity contribution is 0.0940. The van der Waals surface area contributed by atoms with Crippen LogP contribution in [-0.2, 0) is 6.42 Å². The van der Waals surface area contributed by atoms with Gasteiger partial charge in [0.05, 0.1) is 6.04 Å². The number of carbonyl (C=O) groups excluding carboxylic acids is 2. The van der Waals surface area contributed by atoms with Gasteiger partial charge in [-0.3, -0.25) is 9.59 Å². The van der Waals surface area contributed by atoms with E-state index in [0.717, 1.165) is 17.7 Å². The van der Waals surface area contributed by atoms with Gasteiger partial charge < -0.3 is 10.6 Å². The average molecular weight is 372 g/mol. The molecule has 0 heterocycles. The molecule has 2 N–H and O–H groups in total. The number of hydrogen-bond acceptors (Lipinski definition) is 2. The van der Waals surface area contributed by atoms with E-state index in [2.05, 4.69) is 17.6 Å². The molecule has 0 aliphatic heterocycles. The number of rotatable bonds is 6. The van der Waals surface area contributed by atoms with Crippen LogP contribution in [0.5, 0.6) is 0 Å². The van der Waals surface area contributed by atoms with Crippen molar-refractivity contribution < 1.29 is 9.59 Å². The van der Waals surface area contributed by atoms with Gasteiger partial charge in [0.1, 0.15) is 0 Å². The fraction of sp³-hybridized carbons (Fsp3) is 0.167. The van der Waals surface area contributed by atoms with Crippen LogP contribution in [0, 0.1) is 0 Å². The zero-order valence-corrected chi connectivity index (χ0v) is 16.1. The third-order valence-electron chi connectivity index (χ3n) is 4.65. The van der Waals surface area contributed by atoms with Crippen molar-refractivity contribution in [2.45, 2.75) is 26.3 Å². The molecule has 1 atom stereocenters. The van der Waals surface area contributed by atoms with E-state index < -0.39 is 0 Å². The molecule has 3 aromatic carbocycles. The molecule has 4 nitrogen and oxygen atoms in total. The average Bonchev–Trinajstić information content (AvgIpc) is 2.75. The molecule has 0 aromatic heterocycles. The predicted molar refractivity (Wildman–Crippen MR) is 113 cm³/mol. The van der Waals surface area contributed by atoms with Crippen LogP contribution in [0.2, 0.25) is 0 Å². The summed E-state index contributed by atoms with van der Waals surface area (Å²) in [4.78, 5) is 25.1. The zero-order valence-electron chi connectivity index (χ0n) is 16.1. The molecule has 0 saturated heterocycles. The molecule has 0 aliphatic rings. The normalized spacial score (nSPS) is 11.5. The van der Waals surface area contributed by atoms with Gasteiger partial charge >= 0.3 is 0 Å². The van der Waals surface area contributed by atoms with Crippen LogP contribution in [-0.4, -0.2) is 11.8 Å². The quantitative estimate of drug-likeness (QED) is 0.640. The summed E-state index contributed by atoms with van der Waals surface area (Å²) in [6, 6.07) is 24.1. The zero-order chi connectivity index (χ0) is 19.9. The minimum absolute atomic E-state index is 0.122. The number of nitrogens with one attached hydrogen (secondary N) is 2. The van der Waals surface area contributed by atoms with Gasteiger partial charge in [-0.1, -0.05) is 55.5 Å². The van der Waals surface area contributed by atoms with Crippen LogP contribution in [0.1, 0.15) is 51.7 Å². The smallest absolute Gasteiger partial charge is 0.255 e. The van der Waals surface area contributed by atoms with Gasteiger partial charge in [-0.15, -0.1) is 0 Å². The van der Waals surface area contributed by atoms with Crippen molar-refractivity contribution in [2.24, 2.45) is 0 Å². The molecule has 0 aliphatic carbocycles. The Morgan fingerprint density at radius 3 is 2.11 bits per heavy atom. The second kappa shape index (κ2) is 9.00. The van der Waals surface area contributed by atoms with Crippen molar-refractivity contribution in [3.05, 3.63) is 101 Å². The van der Waals surface area contributed by atoms with E-state index in [9.17, 15) is 9.59 Å². The molecule has 3 rings (SSSR count). The van der Waals surface area contributed by atoms with Crippen molar-refractivity contribution in [3.63, 3.8) is 0 Å². The molecule has 1 unspecified atom stereocenters. The Kier molecular flexibility index (Phi) is 6.22. The molecule has 0 fully saturated rings. The Morgan fingerprint density at radius 1 is 0.821 bits per heavy atom. The van der Waals surface area contributed by atoms with Gasteiger partial charge in [-0.2, -0.15) is 0 Å². The lowest BCUT2D eigenvalue weighted by Gasteiger charge is -2.14. The van der Waals surface area contributed by atoms with Gasteiger partial charge in [0, 0.05) is 16.8 Å². The largest absolute Gasteiger partial charge is 0.346 e. The van der Waals surface area contributed by atoms with E-state index in [1.165, 1.54) is 5.56 Å². The highest BCUT2D eigenvalue weighted by Crippen LogP contribution is 2.15. The predicted octanol–water partition coefficient (Wildman–Crippen LogP) is 4.99. The molecule has 0 spiro atoms. The Labute approximate surface area is 165 Å². The molecule has 0 radical (unpaired) electrons. The van der Waals surface area contributed by atoms with Crippen molar-refractivity contribution >= 4 is 17.5 Å². The van der Waals surface area contributed by atoms with Crippen LogP contribution < -0.4 is 10.6 Å². The Hall–Kier alpha value is -3.40. The highest BCUT2D eigenvalue weighted by Gasteiger charge is 2.14. The molecule has 2 amide bonds. The maximum absolute atomic E-state index is 12.6. The van der Waals surface area contributed by atoms with Gasteiger partial charge in [0.25, 0.3) is 11.8 Å². The molecular weight excluding hydrogens is 348 g/mol. The summed E-state index contributed by atoms with van der Waals surface area (Å²) < 4.78 is 0. The summed E-state index contributed by atoms with van der Waals surface area (Å²) >= 11 is 0. The summed E-state index contributed by atoms with van der Waals surface area (Å²) in [6.45, 7) is 4.02. The Morgan fingerprint density at radius 2 is 1.46 bits per heavy atom. The van der Waals surface area contributed by atoms with Crippen molar-refractivity contribution in [1.29, 1.82) is 0 Å². The second-order valence-electron chi connectivity index (χ2n) is 6.69. The van der Waals surface area contributed by atoms with Crippen molar-refractivity contribution in [2.75, 3.05) is 5.32 Å². The Bertz CT molecular complexity index is 950. The first kappa shape index (κ1) is 19.4. The van der Waals surface area contributed by atoms with Crippen LogP contribution in [0.4, 0.5) is 5.69 Å². The highest BCUT2D eigenvalue weighted by molar-refractivity contribution is 6.06. The molecule has 28 heavy (non-hydrogen) atoms. The fourth-order valence-corrected chi connectivity index (χ4v) is 2.93. The van der Waals surface area contributed by atoms with E-state index in [1.807, 2.05) is 61.5 Å². The standard InChI is InChI=1S/C24H24N2O2/c1-3-18-12-14-22(15-13-18)26-24(28)21-11-7-10-20(16-21)23(27)25-17(2)19-8-5-4-6-9-19/h4-17H,3H2,1-2H3,(H,25,27)(H,26,28). The topological polar surface area (TPSA) is 58.2 Å². The summed E-state index contributed by atoms with van der Waals surface area (Å²) in [5, 5.41) is 5.84. The van der Waals surface area contributed by atoms with Gasteiger partial charge in [-0.05, 0) is 54.8 Å². The minimum atomic E-state index is -0.241. The molecule has 142 valence electrons. The van der Waals surface area contributed by atoms with E-state index >= 15 is 0 Å². The molecule has 0 bridgehead atoms. The number of amides is 2. The molecule has 4 heteroatoms. The Balaban J connectivity index is 1.68. The fourth-order valence-electron chi connectivity index (χ4n) is 2.93. The third kappa shape index (κ3) is 4.86. The summed E-state index contributed by atoms with van der Waals surface area (Å²) in [5.74, 6) is -0.451. The maximum Gasteiger partial charge on any atom is 0.255 e. The number of benzene rings is 3. The van der Waals surface area contributed by atoms with E-state index in [4.69, 9.17) is 0 Å². The van der Waals surface area contributed by atoms with Crippen molar-refractivity contribution in [3.8, 4) is 0 Å². The van der Waals surface area contributed by atoms with Crippen molar-refractivity contribution in [1.82, 2.24) is 5.32 Å². The number of carbonyl (C=O) groups is 2. The minimum Gasteiger partial charge on any atom is -0.346 e. The summed E-state index contributed by atoms with van der Waals surface area (Å²) in [6.07, 6.45) is 0.951. The number of aryl methyl sites for hydroxylation is 1. The first-order chi connectivity index (χ1) is 13.6. The monoisotopic (exact) mass is 372 g/mol. The molecule has 0 saturated carbocycles.